The monoisotopic (exact) mass is 388 g/mol. The number of furan rings is 1. The normalized spacial score (nSPS) is 15.9. The number of phenolic OH excluding ortho intramolecular Hbond substituents is 1. The summed E-state index contributed by atoms with van der Waals surface area (Å²) in [6, 6.07) is 15.4. The molecule has 0 bridgehead atoms. The molecule has 3 heterocycles. The van der Waals surface area contributed by atoms with Gasteiger partial charge < -0.3 is 18.7 Å². The number of fused-ring (bicyclic) bond motifs is 3. The zero-order chi connectivity index (χ0) is 20.1. The summed E-state index contributed by atoms with van der Waals surface area (Å²) in [6.07, 6.45) is 0.0408. The van der Waals surface area contributed by atoms with Gasteiger partial charge in [-0.2, -0.15) is 0 Å². The number of rotatable bonds is 2. The fraction of sp³-hybridized carbons (Fsp3) is 0.130. The van der Waals surface area contributed by atoms with Crippen LogP contribution in [0.5, 0.6) is 11.5 Å². The van der Waals surface area contributed by atoms with Crippen molar-refractivity contribution in [3.8, 4) is 22.8 Å². The molecule has 6 heteroatoms. The quantitative estimate of drug-likeness (QED) is 0.401. The Kier molecular flexibility index (Phi) is 3.81. The third kappa shape index (κ3) is 2.81. The van der Waals surface area contributed by atoms with Gasteiger partial charge in [0.2, 0.25) is 0 Å². The summed E-state index contributed by atoms with van der Waals surface area (Å²) in [6.45, 7) is 1.81. The predicted octanol–water partition coefficient (Wildman–Crippen LogP) is 4.51. The molecule has 144 valence electrons. The highest BCUT2D eigenvalue weighted by atomic mass is 16.5. The minimum absolute atomic E-state index is 0.0408. The minimum Gasteiger partial charge on any atom is -0.507 e. The number of ether oxygens (including phenoxy) is 1. The van der Waals surface area contributed by atoms with Crippen LogP contribution in [-0.4, -0.2) is 11.1 Å². The summed E-state index contributed by atoms with van der Waals surface area (Å²) < 4.78 is 17.2. The van der Waals surface area contributed by atoms with Crippen molar-refractivity contribution in [3.05, 3.63) is 81.9 Å². The molecule has 0 amide bonds. The Morgan fingerprint density at radius 3 is 2.52 bits per heavy atom. The first kappa shape index (κ1) is 17.3. The number of hydrogen-bond acceptors (Lipinski definition) is 6. The fourth-order valence-corrected chi connectivity index (χ4v) is 3.79. The van der Waals surface area contributed by atoms with Crippen LogP contribution < -0.4 is 10.2 Å². The Labute approximate surface area is 165 Å². The van der Waals surface area contributed by atoms with Crippen molar-refractivity contribution in [2.24, 2.45) is 0 Å². The van der Waals surface area contributed by atoms with Crippen LogP contribution in [0.1, 0.15) is 29.4 Å². The van der Waals surface area contributed by atoms with Gasteiger partial charge >= 0.3 is 5.97 Å². The molecule has 29 heavy (non-hydrogen) atoms. The average Bonchev–Trinajstić information content (AvgIpc) is 3.13. The molecule has 0 radical (unpaired) electrons. The number of esters is 1. The van der Waals surface area contributed by atoms with E-state index in [-0.39, 0.29) is 34.3 Å². The third-order valence-electron chi connectivity index (χ3n) is 5.09. The lowest BCUT2D eigenvalue weighted by molar-refractivity contribution is -0.135. The van der Waals surface area contributed by atoms with Crippen LogP contribution in [0.3, 0.4) is 0 Å². The van der Waals surface area contributed by atoms with E-state index in [1.165, 1.54) is 12.1 Å². The van der Waals surface area contributed by atoms with Crippen LogP contribution in [0.2, 0.25) is 0 Å². The second-order valence-electron chi connectivity index (χ2n) is 7.03. The van der Waals surface area contributed by atoms with Crippen LogP contribution in [-0.2, 0) is 4.79 Å². The van der Waals surface area contributed by atoms with Crippen LogP contribution >= 0.6 is 0 Å². The Bertz CT molecular complexity index is 1310. The standard InChI is InChI=1S/C23H16O6/c1-12-7-8-17(27-12)14-9-20(26)28-19-11-16(25)22-15(24)10-18(29-23(22)21(14)19)13-5-3-2-4-6-13/h2-8,10-11,14,25H,9H2,1H3/t14-/m0/s1. The van der Waals surface area contributed by atoms with E-state index >= 15 is 0 Å². The highest BCUT2D eigenvalue weighted by molar-refractivity contribution is 5.93. The second-order valence-corrected chi connectivity index (χ2v) is 7.03. The molecular weight excluding hydrogens is 372 g/mol. The molecule has 0 spiro atoms. The molecule has 2 aromatic heterocycles. The summed E-state index contributed by atoms with van der Waals surface area (Å²) in [5.74, 6) is 0.571. The number of hydrogen-bond donors (Lipinski definition) is 1. The molecule has 4 aromatic rings. The summed E-state index contributed by atoms with van der Waals surface area (Å²) in [5.41, 5.74) is 1.05. The number of aromatic hydroxyl groups is 1. The Morgan fingerprint density at radius 1 is 1.00 bits per heavy atom. The van der Waals surface area contributed by atoms with E-state index in [0.717, 1.165) is 5.56 Å². The van der Waals surface area contributed by atoms with Crippen molar-refractivity contribution in [2.75, 3.05) is 0 Å². The van der Waals surface area contributed by atoms with Crippen LogP contribution in [0, 0.1) is 6.92 Å². The van der Waals surface area contributed by atoms with Crippen molar-refractivity contribution >= 4 is 16.9 Å². The highest BCUT2D eigenvalue weighted by Gasteiger charge is 2.35. The van der Waals surface area contributed by atoms with Gasteiger partial charge in [0.25, 0.3) is 0 Å². The molecule has 0 fully saturated rings. The van der Waals surface area contributed by atoms with Gasteiger partial charge in [0.15, 0.2) is 5.43 Å². The Balaban J connectivity index is 1.84. The number of carbonyl (C=O) groups is 1. The summed E-state index contributed by atoms with van der Waals surface area (Å²) in [4.78, 5) is 25.0. The first-order chi connectivity index (χ1) is 14.0. The van der Waals surface area contributed by atoms with E-state index in [2.05, 4.69) is 0 Å². The summed E-state index contributed by atoms with van der Waals surface area (Å²) >= 11 is 0. The minimum atomic E-state index is -0.489. The molecule has 0 aliphatic carbocycles. The lowest BCUT2D eigenvalue weighted by Gasteiger charge is -2.24. The predicted molar refractivity (Wildman–Crippen MR) is 105 cm³/mol. The lowest BCUT2D eigenvalue weighted by Crippen LogP contribution is -2.21. The molecule has 5 rings (SSSR count). The van der Waals surface area contributed by atoms with E-state index < -0.39 is 11.9 Å². The van der Waals surface area contributed by atoms with Gasteiger partial charge in [-0.05, 0) is 19.1 Å². The number of benzene rings is 2. The van der Waals surface area contributed by atoms with Gasteiger partial charge in [0.1, 0.15) is 39.7 Å². The van der Waals surface area contributed by atoms with E-state index in [1.807, 2.05) is 43.3 Å². The van der Waals surface area contributed by atoms with E-state index in [1.54, 1.807) is 6.07 Å². The van der Waals surface area contributed by atoms with Crippen molar-refractivity contribution in [2.45, 2.75) is 19.3 Å². The maximum absolute atomic E-state index is 12.8. The molecule has 6 nitrogen and oxygen atoms in total. The maximum Gasteiger partial charge on any atom is 0.312 e. The van der Waals surface area contributed by atoms with Gasteiger partial charge in [-0.1, -0.05) is 30.3 Å². The van der Waals surface area contributed by atoms with Gasteiger partial charge in [-0.25, -0.2) is 0 Å². The van der Waals surface area contributed by atoms with Gasteiger partial charge in [-0.15, -0.1) is 0 Å². The molecule has 0 saturated carbocycles. The van der Waals surface area contributed by atoms with Crippen molar-refractivity contribution in [3.63, 3.8) is 0 Å². The van der Waals surface area contributed by atoms with Gasteiger partial charge in [0, 0.05) is 23.3 Å². The maximum atomic E-state index is 12.8. The first-order valence-electron chi connectivity index (χ1n) is 9.17. The Morgan fingerprint density at radius 2 is 1.79 bits per heavy atom. The van der Waals surface area contributed by atoms with E-state index in [9.17, 15) is 14.7 Å². The van der Waals surface area contributed by atoms with Crippen LogP contribution in [0.15, 0.2) is 68.2 Å². The van der Waals surface area contributed by atoms with Crippen LogP contribution in [0.4, 0.5) is 0 Å². The fourth-order valence-electron chi connectivity index (χ4n) is 3.79. The molecule has 1 aliphatic heterocycles. The summed E-state index contributed by atoms with van der Waals surface area (Å²) in [5, 5.41) is 10.5. The SMILES string of the molecule is Cc1ccc([C@@H]2CC(=O)Oc3cc(O)c4c(=O)cc(-c5ccccc5)oc4c32)o1. The smallest absolute Gasteiger partial charge is 0.312 e. The largest absolute Gasteiger partial charge is 0.507 e. The number of aryl methyl sites for hydroxylation is 1. The Hall–Kier alpha value is -3.80. The van der Waals surface area contributed by atoms with Crippen molar-refractivity contribution in [1.82, 2.24) is 0 Å². The molecular formula is C23H16O6. The average molecular weight is 388 g/mol. The zero-order valence-corrected chi connectivity index (χ0v) is 15.5. The lowest BCUT2D eigenvalue weighted by atomic mass is 9.88. The molecule has 1 atom stereocenters. The molecule has 1 N–H and O–H groups in total. The first-order valence-corrected chi connectivity index (χ1v) is 9.17. The van der Waals surface area contributed by atoms with Crippen molar-refractivity contribution < 1.29 is 23.5 Å². The van der Waals surface area contributed by atoms with E-state index in [4.69, 9.17) is 13.6 Å². The number of carbonyl (C=O) groups excluding carboxylic acids is 1. The third-order valence-corrected chi connectivity index (χ3v) is 5.09. The molecule has 1 aliphatic rings. The van der Waals surface area contributed by atoms with Crippen LogP contribution in [0.25, 0.3) is 22.3 Å². The van der Waals surface area contributed by atoms with Gasteiger partial charge in [0.05, 0.1) is 12.3 Å². The van der Waals surface area contributed by atoms with E-state index in [0.29, 0.717) is 22.8 Å². The second kappa shape index (κ2) is 6.38. The molecule has 2 aromatic carbocycles. The topological polar surface area (TPSA) is 89.9 Å². The summed E-state index contributed by atoms with van der Waals surface area (Å²) in [7, 11) is 0. The molecule has 0 unspecified atom stereocenters. The highest BCUT2D eigenvalue weighted by Crippen LogP contribution is 2.46. The zero-order valence-electron chi connectivity index (χ0n) is 15.5. The van der Waals surface area contributed by atoms with Gasteiger partial charge in [-0.3, -0.25) is 9.59 Å². The molecule has 0 saturated heterocycles. The van der Waals surface area contributed by atoms with Crippen molar-refractivity contribution in [1.29, 1.82) is 0 Å². The number of phenols is 1.